The number of amides is 1. The lowest BCUT2D eigenvalue weighted by Gasteiger charge is -2.10. The predicted molar refractivity (Wildman–Crippen MR) is 112 cm³/mol. The van der Waals surface area contributed by atoms with Gasteiger partial charge in [-0.1, -0.05) is 48.2 Å². The average molecular weight is 432 g/mol. The van der Waals surface area contributed by atoms with E-state index < -0.39 is 6.61 Å². The molecule has 2 aromatic carbocycles. The van der Waals surface area contributed by atoms with E-state index in [1.54, 1.807) is 12.1 Å². The molecule has 0 radical (unpaired) electrons. The van der Waals surface area contributed by atoms with E-state index in [-0.39, 0.29) is 24.0 Å². The largest absolute Gasteiger partial charge is 0.435 e. The maximum atomic E-state index is 12.3. The molecule has 0 atom stereocenters. The Balaban J connectivity index is 1.58. The van der Waals surface area contributed by atoms with E-state index in [4.69, 9.17) is 0 Å². The molecule has 1 N–H and O–H groups in total. The van der Waals surface area contributed by atoms with E-state index in [9.17, 15) is 13.6 Å². The number of nitrogens with zero attached hydrogens (tertiary/aromatic N) is 3. The highest BCUT2D eigenvalue weighted by molar-refractivity contribution is 7.99. The fraction of sp³-hybridized carbons (Fsp3) is 0.286. The van der Waals surface area contributed by atoms with Gasteiger partial charge in [-0.25, -0.2) is 0 Å². The minimum absolute atomic E-state index is 0.0610. The summed E-state index contributed by atoms with van der Waals surface area (Å²) in [7, 11) is 0. The number of carbonyl (C=O) groups excluding carboxylic acids is 1. The number of hydrogen-bond donors (Lipinski definition) is 1. The molecule has 3 aromatic rings. The SMILES string of the molecule is CCn1c(SCC(=O)NCc2cccc(OC(F)F)c2)nnc1-c1ccccc1C. The Morgan fingerprint density at radius 2 is 2.00 bits per heavy atom. The number of halogens is 2. The number of ether oxygens (including phenoxy) is 1. The molecule has 1 aromatic heterocycles. The molecule has 1 heterocycles. The third kappa shape index (κ3) is 5.56. The molecule has 6 nitrogen and oxygen atoms in total. The van der Waals surface area contributed by atoms with Crippen LogP contribution in [0.1, 0.15) is 18.1 Å². The van der Waals surface area contributed by atoms with Gasteiger partial charge >= 0.3 is 6.61 Å². The Hall–Kier alpha value is -2.94. The summed E-state index contributed by atoms with van der Waals surface area (Å²) in [5, 5.41) is 12.0. The van der Waals surface area contributed by atoms with Crippen molar-refractivity contribution in [1.29, 1.82) is 0 Å². The van der Waals surface area contributed by atoms with Crippen LogP contribution in [0.3, 0.4) is 0 Å². The quantitative estimate of drug-likeness (QED) is 0.511. The van der Waals surface area contributed by atoms with Crippen molar-refractivity contribution in [3.8, 4) is 17.1 Å². The molecule has 0 spiro atoms. The van der Waals surface area contributed by atoms with Crippen molar-refractivity contribution in [2.24, 2.45) is 0 Å². The van der Waals surface area contributed by atoms with Crippen molar-refractivity contribution in [2.75, 3.05) is 5.75 Å². The number of nitrogens with one attached hydrogen (secondary N) is 1. The van der Waals surface area contributed by atoms with E-state index in [2.05, 4.69) is 20.3 Å². The Bertz CT molecular complexity index is 1010. The molecule has 158 valence electrons. The van der Waals surface area contributed by atoms with Crippen LogP contribution < -0.4 is 10.1 Å². The van der Waals surface area contributed by atoms with Crippen molar-refractivity contribution in [2.45, 2.75) is 38.7 Å². The second-order valence-corrected chi connectivity index (χ2v) is 7.40. The van der Waals surface area contributed by atoms with E-state index >= 15 is 0 Å². The zero-order valence-corrected chi connectivity index (χ0v) is 17.5. The Morgan fingerprint density at radius 3 is 2.73 bits per heavy atom. The van der Waals surface area contributed by atoms with Crippen molar-refractivity contribution in [1.82, 2.24) is 20.1 Å². The summed E-state index contributed by atoms with van der Waals surface area (Å²) >= 11 is 1.30. The van der Waals surface area contributed by atoms with Gasteiger partial charge in [0.2, 0.25) is 5.91 Å². The van der Waals surface area contributed by atoms with Crippen molar-refractivity contribution in [3.05, 3.63) is 59.7 Å². The van der Waals surface area contributed by atoms with Gasteiger partial charge in [-0.2, -0.15) is 8.78 Å². The summed E-state index contributed by atoms with van der Waals surface area (Å²) in [6.45, 7) is 2.04. The zero-order chi connectivity index (χ0) is 21.5. The van der Waals surface area contributed by atoms with Gasteiger partial charge in [-0.3, -0.25) is 4.79 Å². The van der Waals surface area contributed by atoms with Crippen molar-refractivity contribution >= 4 is 17.7 Å². The van der Waals surface area contributed by atoms with Crippen molar-refractivity contribution in [3.63, 3.8) is 0 Å². The van der Waals surface area contributed by atoms with Gasteiger partial charge in [0.15, 0.2) is 11.0 Å². The number of hydrogen-bond acceptors (Lipinski definition) is 5. The number of aryl methyl sites for hydroxylation is 1. The summed E-state index contributed by atoms with van der Waals surface area (Å²) in [5.74, 6) is 0.808. The summed E-state index contributed by atoms with van der Waals surface area (Å²) in [4.78, 5) is 12.2. The highest BCUT2D eigenvalue weighted by atomic mass is 32.2. The zero-order valence-electron chi connectivity index (χ0n) is 16.6. The van der Waals surface area contributed by atoms with Crippen LogP contribution in [0.25, 0.3) is 11.4 Å². The third-order valence-electron chi connectivity index (χ3n) is 4.36. The maximum absolute atomic E-state index is 12.3. The number of benzene rings is 2. The van der Waals surface area contributed by atoms with Crippen LogP contribution >= 0.6 is 11.8 Å². The first kappa shape index (κ1) is 21.8. The molecule has 30 heavy (non-hydrogen) atoms. The molecule has 0 bridgehead atoms. The first-order chi connectivity index (χ1) is 14.5. The summed E-state index contributed by atoms with van der Waals surface area (Å²) in [6.07, 6.45) is 0. The van der Waals surface area contributed by atoms with E-state index in [0.717, 1.165) is 17.0 Å². The second-order valence-electron chi connectivity index (χ2n) is 6.46. The minimum atomic E-state index is -2.88. The lowest BCUT2D eigenvalue weighted by molar-refractivity contribution is -0.118. The van der Waals surface area contributed by atoms with Gasteiger partial charge in [-0.05, 0) is 37.1 Å². The first-order valence-corrected chi connectivity index (χ1v) is 10.4. The molecule has 0 fully saturated rings. The van der Waals surface area contributed by atoms with Crippen LogP contribution in [-0.2, 0) is 17.9 Å². The molecule has 0 saturated heterocycles. The molecule has 0 unspecified atom stereocenters. The summed E-state index contributed by atoms with van der Waals surface area (Å²) in [6, 6.07) is 14.2. The number of aromatic nitrogens is 3. The van der Waals surface area contributed by atoms with Crippen LogP contribution in [0.4, 0.5) is 8.78 Å². The topological polar surface area (TPSA) is 69.0 Å². The Kier molecular flexibility index (Phi) is 7.40. The molecule has 3 rings (SSSR count). The standard InChI is InChI=1S/C21H22F2N4O2S/c1-3-27-19(17-10-5-4-7-14(17)2)25-26-21(27)30-13-18(28)24-12-15-8-6-9-16(11-15)29-20(22)23/h4-11,20H,3,12-13H2,1-2H3,(H,24,28). The fourth-order valence-electron chi connectivity index (χ4n) is 2.92. The van der Waals surface area contributed by atoms with Crippen LogP contribution in [0, 0.1) is 6.92 Å². The molecule has 0 aliphatic carbocycles. The molecular formula is C21H22F2N4O2S. The smallest absolute Gasteiger partial charge is 0.387 e. The number of rotatable bonds is 9. The molecule has 0 aliphatic heterocycles. The highest BCUT2D eigenvalue weighted by Gasteiger charge is 2.15. The second kappa shape index (κ2) is 10.2. The van der Waals surface area contributed by atoms with Crippen LogP contribution in [0.15, 0.2) is 53.7 Å². The van der Waals surface area contributed by atoms with E-state index in [1.165, 1.54) is 23.9 Å². The van der Waals surface area contributed by atoms with E-state index in [0.29, 0.717) is 17.3 Å². The molecule has 0 aliphatic rings. The number of thioether (sulfide) groups is 1. The summed E-state index contributed by atoms with van der Waals surface area (Å²) < 4.78 is 31.0. The fourth-order valence-corrected chi connectivity index (χ4v) is 3.75. The van der Waals surface area contributed by atoms with Crippen LogP contribution in [0.2, 0.25) is 0 Å². The van der Waals surface area contributed by atoms with Gasteiger partial charge in [0.05, 0.1) is 5.75 Å². The molecule has 0 saturated carbocycles. The van der Waals surface area contributed by atoms with Gasteiger partial charge < -0.3 is 14.6 Å². The minimum Gasteiger partial charge on any atom is -0.435 e. The lowest BCUT2D eigenvalue weighted by Crippen LogP contribution is -2.24. The third-order valence-corrected chi connectivity index (χ3v) is 5.33. The van der Waals surface area contributed by atoms with Crippen LogP contribution in [0.5, 0.6) is 5.75 Å². The molecule has 9 heteroatoms. The van der Waals surface area contributed by atoms with Crippen LogP contribution in [-0.4, -0.2) is 33.0 Å². The number of alkyl halides is 2. The van der Waals surface area contributed by atoms with E-state index in [1.807, 2.05) is 42.7 Å². The monoisotopic (exact) mass is 432 g/mol. The highest BCUT2D eigenvalue weighted by Crippen LogP contribution is 2.26. The normalized spacial score (nSPS) is 11.0. The molecular weight excluding hydrogens is 410 g/mol. The van der Waals surface area contributed by atoms with Crippen molar-refractivity contribution < 1.29 is 18.3 Å². The predicted octanol–water partition coefficient (Wildman–Crippen LogP) is 4.28. The van der Waals surface area contributed by atoms with Gasteiger partial charge in [0, 0.05) is 18.7 Å². The lowest BCUT2D eigenvalue weighted by atomic mass is 10.1. The maximum Gasteiger partial charge on any atom is 0.387 e. The molecule has 1 amide bonds. The number of carbonyl (C=O) groups is 1. The van der Waals surface area contributed by atoms with Gasteiger partial charge in [0.1, 0.15) is 5.75 Å². The first-order valence-electron chi connectivity index (χ1n) is 9.40. The Labute approximate surface area is 177 Å². The summed E-state index contributed by atoms with van der Waals surface area (Å²) in [5.41, 5.74) is 2.78. The Morgan fingerprint density at radius 1 is 1.20 bits per heavy atom. The van der Waals surface area contributed by atoms with Gasteiger partial charge in [-0.15, -0.1) is 10.2 Å². The average Bonchev–Trinajstić information content (AvgIpc) is 3.13. The van der Waals surface area contributed by atoms with Gasteiger partial charge in [0.25, 0.3) is 0 Å².